The first kappa shape index (κ1) is 37.8. The number of hydrogen-bond acceptors (Lipinski definition) is 10. The lowest BCUT2D eigenvalue weighted by molar-refractivity contribution is -0.139. The first-order valence-electron chi connectivity index (χ1n) is 18.8. The van der Waals surface area contributed by atoms with Gasteiger partial charge in [0.05, 0.1) is 23.1 Å². The van der Waals surface area contributed by atoms with Gasteiger partial charge in [-0.15, -0.1) is 0 Å². The number of hydrogen-bond donors (Lipinski definition) is 1. The van der Waals surface area contributed by atoms with Gasteiger partial charge in [-0.25, -0.2) is 18.4 Å². The molecule has 0 radical (unpaired) electrons. The molecule has 0 unspecified atom stereocenters. The average molecular weight is 784 g/mol. The molecule has 4 aromatic rings. The molecule has 17 heteroatoms. The van der Waals surface area contributed by atoms with E-state index in [0.29, 0.717) is 73.2 Å². The normalized spacial score (nSPS) is 24.2. The van der Waals surface area contributed by atoms with Gasteiger partial charge in [0.1, 0.15) is 42.1 Å². The second kappa shape index (κ2) is 14.5. The number of alkyl halides is 4. The van der Waals surface area contributed by atoms with Gasteiger partial charge in [0.25, 0.3) is 0 Å². The summed E-state index contributed by atoms with van der Waals surface area (Å²) in [4.78, 5) is 44.3. The van der Waals surface area contributed by atoms with Crippen LogP contribution in [0.4, 0.5) is 37.4 Å². The van der Waals surface area contributed by atoms with Crippen molar-refractivity contribution in [3.8, 4) is 23.0 Å². The van der Waals surface area contributed by atoms with Crippen LogP contribution in [0.1, 0.15) is 51.0 Å². The number of pyridine rings is 1. The molecule has 9 rings (SSSR count). The third-order valence-corrected chi connectivity index (χ3v) is 11.3. The van der Waals surface area contributed by atoms with Crippen molar-refractivity contribution in [3.05, 3.63) is 47.9 Å². The summed E-state index contributed by atoms with van der Waals surface area (Å²) < 4.78 is 88.7. The Morgan fingerprint density at radius 1 is 1.14 bits per heavy atom. The van der Waals surface area contributed by atoms with E-state index in [1.165, 1.54) is 18.3 Å². The highest BCUT2D eigenvalue weighted by atomic mass is 19.4. The van der Waals surface area contributed by atoms with Crippen molar-refractivity contribution in [2.45, 2.75) is 75.3 Å². The fourth-order valence-corrected chi connectivity index (χ4v) is 8.84. The molecule has 5 aliphatic rings. The fraction of sp³-hybridized carbons (Fsp3) is 0.513. The molecule has 3 saturated heterocycles. The minimum absolute atomic E-state index is 0.0902. The maximum atomic E-state index is 17.4. The third kappa shape index (κ3) is 7.44. The second-order valence-corrected chi connectivity index (χ2v) is 15.7. The number of nitrogens with zero attached hydrogens (tertiary/aromatic N) is 6. The Labute approximate surface area is 319 Å². The predicted molar refractivity (Wildman–Crippen MR) is 196 cm³/mol. The van der Waals surface area contributed by atoms with Crippen molar-refractivity contribution >= 4 is 39.7 Å². The van der Waals surface area contributed by atoms with Crippen LogP contribution in [0, 0.1) is 5.82 Å². The number of aromatic nitrogens is 3. The Hall–Kier alpha value is -5.06. The molecule has 0 saturated carbocycles. The lowest BCUT2D eigenvalue weighted by atomic mass is 9.91. The third-order valence-electron chi connectivity index (χ3n) is 11.3. The Morgan fingerprint density at radius 2 is 1.96 bits per heavy atom. The van der Waals surface area contributed by atoms with Crippen molar-refractivity contribution in [2.75, 3.05) is 57.9 Å². The van der Waals surface area contributed by atoms with E-state index < -0.39 is 48.0 Å². The van der Waals surface area contributed by atoms with Crippen LogP contribution in [0.15, 0.2) is 36.5 Å². The van der Waals surface area contributed by atoms with E-state index in [2.05, 4.69) is 20.2 Å². The van der Waals surface area contributed by atoms with E-state index in [1.54, 1.807) is 12.1 Å². The van der Waals surface area contributed by atoms with Gasteiger partial charge in [0.15, 0.2) is 5.82 Å². The maximum Gasteiger partial charge on any atom is 0.415 e. The molecule has 2 aromatic carbocycles. The second-order valence-electron chi connectivity index (χ2n) is 15.7. The first-order valence-corrected chi connectivity index (χ1v) is 18.8. The zero-order valence-electron chi connectivity index (χ0n) is 31.1. The fourth-order valence-electron chi connectivity index (χ4n) is 8.84. The van der Waals surface area contributed by atoms with E-state index in [0.717, 1.165) is 32.0 Å². The van der Waals surface area contributed by atoms with Gasteiger partial charge in [-0.1, -0.05) is 18.2 Å². The van der Waals surface area contributed by atoms with Crippen LogP contribution < -0.4 is 19.7 Å². The summed E-state index contributed by atoms with van der Waals surface area (Å²) in [6.45, 7) is 2.47. The molecule has 298 valence electrons. The molecule has 7 heterocycles. The van der Waals surface area contributed by atoms with Crippen LogP contribution in [-0.2, 0) is 11.2 Å². The summed E-state index contributed by atoms with van der Waals surface area (Å²) in [7, 11) is 0.966. The van der Waals surface area contributed by atoms with Crippen LogP contribution >= 0.6 is 0 Å². The van der Waals surface area contributed by atoms with Gasteiger partial charge in [-0.05, 0) is 80.5 Å². The number of anilines is 1. The number of rotatable bonds is 5. The summed E-state index contributed by atoms with van der Waals surface area (Å²) in [5.41, 5.74) is -0.557. The molecule has 0 aliphatic carbocycles. The van der Waals surface area contributed by atoms with Crippen LogP contribution in [0.3, 0.4) is 0 Å². The largest absolute Gasteiger partial charge is 0.461 e. The number of amides is 2. The summed E-state index contributed by atoms with van der Waals surface area (Å²) in [5, 5.41) is 4.36. The van der Waals surface area contributed by atoms with Crippen molar-refractivity contribution in [2.24, 2.45) is 0 Å². The summed E-state index contributed by atoms with van der Waals surface area (Å²) >= 11 is 0. The quantitative estimate of drug-likeness (QED) is 0.213. The lowest BCUT2D eigenvalue weighted by Crippen LogP contribution is -2.57. The minimum Gasteiger partial charge on any atom is -0.461 e. The van der Waals surface area contributed by atoms with E-state index in [9.17, 15) is 27.2 Å². The van der Waals surface area contributed by atoms with Gasteiger partial charge in [-0.2, -0.15) is 23.1 Å². The van der Waals surface area contributed by atoms with Crippen LogP contribution in [0.5, 0.6) is 11.8 Å². The van der Waals surface area contributed by atoms with Gasteiger partial charge in [0.2, 0.25) is 0 Å². The molecule has 0 spiro atoms. The molecule has 2 amide bonds. The zero-order valence-corrected chi connectivity index (χ0v) is 31.1. The van der Waals surface area contributed by atoms with Gasteiger partial charge in [-0.3, -0.25) is 9.88 Å². The molecule has 12 nitrogen and oxygen atoms in total. The van der Waals surface area contributed by atoms with Crippen LogP contribution in [0.2, 0.25) is 0 Å². The number of benzene rings is 2. The van der Waals surface area contributed by atoms with Crippen LogP contribution in [0.25, 0.3) is 32.9 Å². The number of piperidine rings is 1. The number of halogens is 5. The Bertz CT molecular complexity index is 2190. The van der Waals surface area contributed by atoms with E-state index >= 15 is 4.39 Å². The van der Waals surface area contributed by atoms with Gasteiger partial charge in [0, 0.05) is 44.9 Å². The van der Waals surface area contributed by atoms with E-state index in [-0.39, 0.29) is 47.1 Å². The molecule has 56 heavy (non-hydrogen) atoms. The number of ether oxygens (including phenoxy) is 3. The van der Waals surface area contributed by atoms with Gasteiger partial charge < -0.3 is 29.3 Å². The van der Waals surface area contributed by atoms with Crippen molar-refractivity contribution in [3.63, 3.8) is 0 Å². The number of alkyl carbamates (subject to hydrolysis) is 1. The van der Waals surface area contributed by atoms with Crippen LogP contribution in [-0.4, -0.2) is 113 Å². The number of aryl methyl sites for hydroxylation is 1. The van der Waals surface area contributed by atoms with Gasteiger partial charge >= 0.3 is 24.4 Å². The minimum atomic E-state index is -4.65. The Kier molecular flexibility index (Phi) is 9.77. The predicted octanol–water partition coefficient (Wildman–Crippen LogP) is 6.96. The van der Waals surface area contributed by atoms with E-state index in [4.69, 9.17) is 19.2 Å². The van der Waals surface area contributed by atoms with Crippen molar-refractivity contribution < 1.29 is 45.8 Å². The summed E-state index contributed by atoms with van der Waals surface area (Å²) in [6.07, 6.45) is -1.93. The van der Waals surface area contributed by atoms with E-state index in [1.807, 2.05) is 17.9 Å². The SMILES string of the molecule is CN(CC(F)(F)F)C(=O)Oc1cc2c3c(cccc3c1)CCCOC(=O)N[C@]1(C)CCCN(C1)c1nc(OC[C@@]34CCCN3C[C@H](F)C4)nc3c(F)c-2ncc13. The highest BCUT2D eigenvalue weighted by molar-refractivity contribution is 6.02. The molecule has 3 fully saturated rings. The molecular weight excluding hydrogens is 741 g/mol. The summed E-state index contributed by atoms with van der Waals surface area (Å²) in [5.74, 6) is -0.611. The monoisotopic (exact) mass is 783 g/mol. The van der Waals surface area contributed by atoms with Crippen molar-refractivity contribution in [1.29, 1.82) is 0 Å². The topological polar surface area (TPSA) is 122 Å². The molecule has 3 atom stereocenters. The zero-order chi connectivity index (χ0) is 39.4. The maximum absolute atomic E-state index is 17.4. The highest BCUT2D eigenvalue weighted by Crippen LogP contribution is 2.42. The number of fused-ring (bicyclic) bond motifs is 7. The number of carbonyl (C=O) groups excluding carboxylic acids is 2. The molecule has 5 aliphatic heterocycles. The molecule has 2 aromatic heterocycles. The standard InChI is InChI=1S/C39H42F5N7O5/c1-37-10-5-12-50(20-37)33-28-18-45-31(30(41)32(28)46-34(47-33)55-22-38-11-6-13-51(38)19-25(40)17-38)27-16-26(56-36(53)49(2)21-39(42,43)44)15-24-8-3-7-23(29(24)27)9-4-14-54-35(52)48-37/h3,7-8,15-16,18,25H,4-6,9-14,17,19-22H2,1-2H3,(H,48,52)/t25-,37-,38+/m1/s1. The smallest absolute Gasteiger partial charge is 0.415 e. The number of nitrogens with one attached hydrogen (secondary N) is 1. The Morgan fingerprint density at radius 3 is 2.79 bits per heavy atom. The summed E-state index contributed by atoms with van der Waals surface area (Å²) in [6, 6.07) is 8.05. The molecule has 1 N–H and O–H groups in total. The highest BCUT2D eigenvalue weighted by Gasteiger charge is 2.49. The first-order chi connectivity index (χ1) is 26.7. The molecule has 6 bridgehead atoms. The Balaban J connectivity index is 1.28. The molecular formula is C39H42F5N7O5. The van der Waals surface area contributed by atoms with Crippen molar-refractivity contribution in [1.82, 2.24) is 30.1 Å². The lowest BCUT2D eigenvalue weighted by Gasteiger charge is -2.41. The average Bonchev–Trinajstić information content (AvgIpc) is 3.66. The number of carbonyl (C=O) groups is 2.